The zero-order valence-electron chi connectivity index (χ0n) is 17.7. The Morgan fingerprint density at radius 3 is 2.23 bits per heavy atom. The largest absolute Gasteiger partial charge is 0.497 e. The topological polar surface area (TPSA) is 83.5 Å². The average molecular weight is 422 g/mol. The van der Waals surface area contributed by atoms with Crippen LogP contribution in [0.4, 0.5) is 5.69 Å². The van der Waals surface area contributed by atoms with Crippen molar-refractivity contribution in [3.8, 4) is 5.75 Å². The Morgan fingerprint density at radius 1 is 0.968 bits per heavy atom. The van der Waals surface area contributed by atoms with Gasteiger partial charge in [-0.1, -0.05) is 30.3 Å². The third-order valence-electron chi connectivity index (χ3n) is 5.71. The molecule has 0 spiro atoms. The standard InChI is InChI=1S/C23H26N4O4/c1-30-18-10-8-17(9-11-18)26-12-14-27(15-13-26)23-24-20(16-6-4-3-5-7-16)19(21(28)25-23)22(29)31-2/h3-11,19-20H,12-15H2,1-2H3,(H,24,25,28). The number of benzene rings is 2. The van der Waals surface area contributed by atoms with Crippen molar-refractivity contribution in [1.29, 1.82) is 0 Å². The second-order valence-electron chi connectivity index (χ2n) is 7.47. The van der Waals surface area contributed by atoms with Gasteiger partial charge < -0.3 is 19.3 Å². The molecule has 2 atom stereocenters. The highest BCUT2D eigenvalue weighted by Gasteiger charge is 2.41. The molecule has 2 heterocycles. The quantitative estimate of drug-likeness (QED) is 0.598. The van der Waals surface area contributed by atoms with Gasteiger partial charge in [0.2, 0.25) is 11.9 Å². The van der Waals surface area contributed by atoms with E-state index in [1.807, 2.05) is 54.6 Å². The lowest BCUT2D eigenvalue weighted by atomic mass is 9.91. The molecular weight excluding hydrogens is 396 g/mol. The molecule has 2 aliphatic heterocycles. The summed E-state index contributed by atoms with van der Waals surface area (Å²) in [5.41, 5.74) is 1.94. The summed E-state index contributed by atoms with van der Waals surface area (Å²) in [4.78, 5) is 34.3. The summed E-state index contributed by atoms with van der Waals surface area (Å²) in [6, 6.07) is 16.8. The Kier molecular flexibility index (Phi) is 6.06. The summed E-state index contributed by atoms with van der Waals surface area (Å²) in [6.45, 7) is 2.99. The van der Waals surface area contributed by atoms with Crippen molar-refractivity contribution in [3.63, 3.8) is 0 Å². The van der Waals surface area contributed by atoms with E-state index in [1.165, 1.54) is 7.11 Å². The van der Waals surface area contributed by atoms with Crippen LogP contribution in [0.15, 0.2) is 59.6 Å². The number of nitrogens with one attached hydrogen (secondary N) is 1. The number of esters is 1. The van der Waals surface area contributed by atoms with Gasteiger partial charge in [0.1, 0.15) is 11.8 Å². The van der Waals surface area contributed by atoms with Gasteiger partial charge in [-0.2, -0.15) is 0 Å². The number of amides is 1. The monoisotopic (exact) mass is 422 g/mol. The highest BCUT2D eigenvalue weighted by molar-refractivity contribution is 6.08. The van der Waals surface area contributed by atoms with Gasteiger partial charge >= 0.3 is 5.97 Å². The molecule has 1 amide bonds. The lowest BCUT2D eigenvalue weighted by Gasteiger charge is -2.39. The Hall–Kier alpha value is -3.55. The van der Waals surface area contributed by atoms with Crippen LogP contribution < -0.4 is 15.0 Å². The molecule has 0 aliphatic carbocycles. The SMILES string of the molecule is COC(=O)C1C(=O)NC(N2CCN(c3ccc(OC)cc3)CC2)=NC1c1ccccc1. The molecule has 8 nitrogen and oxygen atoms in total. The van der Waals surface area contributed by atoms with Gasteiger partial charge in [-0.25, -0.2) is 4.99 Å². The summed E-state index contributed by atoms with van der Waals surface area (Å²) in [6.07, 6.45) is 0. The number of hydrogen-bond acceptors (Lipinski definition) is 7. The fourth-order valence-corrected chi connectivity index (χ4v) is 3.98. The highest BCUT2D eigenvalue weighted by Crippen LogP contribution is 2.31. The van der Waals surface area contributed by atoms with Crippen molar-refractivity contribution in [2.24, 2.45) is 10.9 Å². The van der Waals surface area contributed by atoms with Crippen molar-refractivity contribution < 1.29 is 19.1 Å². The molecule has 31 heavy (non-hydrogen) atoms. The smallest absolute Gasteiger partial charge is 0.320 e. The number of nitrogens with zero attached hydrogens (tertiary/aromatic N) is 3. The van der Waals surface area contributed by atoms with Crippen LogP contribution in [0.5, 0.6) is 5.75 Å². The molecule has 4 rings (SSSR count). The van der Waals surface area contributed by atoms with Crippen molar-refractivity contribution >= 4 is 23.5 Å². The van der Waals surface area contributed by atoms with Crippen molar-refractivity contribution in [3.05, 3.63) is 60.2 Å². The highest BCUT2D eigenvalue weighted by atomic mass is 16.5. The number of ether oxygens (including phenoxy) is 2. The normalized spacial score (nSPS) is 21.2. The minimum absolute atomic E-state index is 0.386. The summed E-state index contributed by atoms with van der Waals surface area (Å²) in [5.74, 6) is -0.638. The molecule has 2 aromatic carbocycles. The number of piperazine rings is 1. The van der Waals surface area contributed by atoms with E-state index in [0.717, 1.165) is 30.1 Å². The Balaban J connectivity index is 1.51. The van der Waals surface area contributed by atoms with Gasteiger partial charge in [0, 0.05) is 31.9 Å². The van der Waals surface area contributed by atoms with Crippen LogP contribution in [-0.4, -0.2) is 63.1 Å². The number of anilines is 1. The van der Waals surface area contributed by atoms with Gasteiger partial charge in [-0.3, -0.25) is 14.9 Å². The van der Waals surface area contributed by atoms with Crippen LogP contribution in [0.25, 0.3) is 0 Å². The molecule has 2 unspecified atom stereocenters. The number of carbonyl (C=O) groups excluding carboxylic acids is 2. The van der Waals surface area contributed by atoms with Crippen molar-refractivity contribution in [1.82, 2.24) is 10.2 Å². The molecule has 8 heteroatoms. The summed E-state index contributed by atoms with van der Waals surface area (Å²) < 4.78 is 10.1. The lowest BCUT2D eigenvalue weighted by Crippen LogP contribution is -2.57. The first kappa shape index (κ1) is 20.7. The Labute approximate surface area is 181 Å². The van der Waals surface area contributed by atoms with Crippen LogP contribution in [0.2, 0.25) is 0 Å². The minimum atomic E-state index is -1.00. The van der Waals surface area contributed by atoms with E-state index in [1.54, 1.807) is 7.11 Å². The molecule has 1 fully saturated rings. The maximum absolute atomic E-state index is 12.8. The third-order valence-corrected chi connectivity index (χ3v) is 5.71. The zero-order valence-corrected chi connectivity index (χ0v) is 17.7. The molecule has 1 saturated heterocycles. The number of aliphatic imine (C=N–C) groups is 1. The summed E-state index contributed by atoms with van der Waals surface area (Å²) in [5, 5.41) is 2.82. The summed E-state index contributed by atoms with van der Waals surface area (Å²) in [7, 11) is 2.94. The van der Waals surface area contributed by atoms with E-state index in [-0.39, 0.29) is 5.91 Å². The van der Waals surface area contributed by atoms with Gasteiger partial charge in [0.25, 0.3) is 0 Å². The predicted octanol–water partition coefficient (Wildman–Crippen LogP) is 1.83. The van der Waals surface area contributed by atoms with E-state index < -0.39 is 17.9 Å². The Bertz CT molecular complexity index is 953. The third kappa shape index (κ3) is 4.33. The van der Waals surface area contributed by atoms with Gasteiger partial charge in [-0.05, 0) is 29.8 Å². The Morgan fingerprint density at radius 2 is 1.61 bits per heavy atom. The maximum Gasteiger partial charge on any atom is 0.320 e. The molecule has 1 N–H and O–H groups in total. The van der Waals surface area contributed by atoms with Gasteiger partial charge in [0.15, 0.2) is 5.92 Å². The minimum Gasteiger partial charge on any atom is -0.497 e. The number of methoxy groups -OCH3 is 2. The van der Waals surface area contributed by atoms with E-state index in [0.29, 0.717) is 19.0 Å². The number of carbonyl (C=O) groups is 2. The molecule has 162 valence electrons. The van der Waals surface area contributed by atoms with E-state index in [9.17, 15) is 9.59 Å². The number of rotatable bonds is 4. The molecule has 2 aliphatic rings. The zero-order chi connectivity index (χ0) is 21.8. The molecular formula is C23H26N4O4. The van der Waals surface area contributed by atoms with E-state index >= 15 is 0 Å². The molecule has 0 radical (unpaired) electrons. The molecule has 0 saturated carbocycles. The predicted molar refractivity (Wildman–Crippen MR) is 117 cm³/mol. The number of guanidine groups is 1. The fraction of sp³-hybridized carbons (Fsp3) is 0.348. The maximum atomic E-state index is 12.8. The first-order valence-corrected chi connectivity index (χ1v) is 10.3. The number of hydrogen-bond donors (Lipinski definition) is 1. The fourth-order valence-electron chi connectivity index (χ4n) is 3.98. The van der Waals surface area contributed by atoms with Crippen LogP contribution in [-0.2, 0) is 14.3 Å². The van der Waals surface area contributed by atoms with Crippen LogP contribution >= 0.6 is 0 Å². The summed E-state index contributed by atoms with van der Waals surface area (Å²) >= 11 is 0. The van der Waals surface area contributed by atoms with Crippen LogP contribution in [0.3, 0.4) is 0 Å². The van der Waals surface area contributed by atoms with E-state index in [2.05, 4.69) is 15.1 Å². The first-order valence-electron chi connectivity index (χ1n) is 10.3. The van der Waals surface area contributed by atoms with Crippen molar-refractivity contribution in [2.75, 3.05) is 45.3 Å². The van der Waals surface area contributed by atoms with Crippen LogP contribution in [0.1, 0.15) is 11.6 Å². The van der Waals surface area contributed by atoms with Gasteiger partial charge in [0.05, 0.1) is 14.2 Å². The second kappa shape index (κ2) is 9.07. The second-order valence-corrected chi connectivity index (χ2v) is 7.47. The van der Waals surface area contributed by atoms with Crippen LogP contribution in [0, 0.1) is 5.92 Å². The van der Waals surface area contributed by atoms with E-state index in [4.69, 9.17) is 14.5 Å². The lowest BCUT2D eigenvalue weighted by molar-refractivity contribution is -0.151. The molecule has 0 bridgehead atoms. The average Bonchev–Trinajstić information content (AvgIpc) is 2.84. The van der Waals surface area contributed by atoms with Gasteiger partial charge in [-0.15, -0.1) is 0 Å². The first-order chi connectivity index (χ1) is 15.1. The molecule has 0 aromatic heterocycles. The van der Waals surface area contributed by atoms with Crippen molar-refractivity contribution in [2.45, 2.75) is 6.04 Å². The molecule has 2 aromatic rings.